The van der Waals surface area contributed by atoms with Crippen molar-refractivity contribution in [2.75, 3.05) is 26.7 Å². The lowest BCUT2D eigenvalue weighted by atomic mass is 10.1. The number of nitrogens with zero attached hydrogens (tertiary/aromatic N) is 1. The van der Waals surface area contributed by atoms with Gasteiger partial charge >= 0.3 is 5.51 Å². The van der Waals surface area contributed by atoms with E-state index in [4.69, 9.17) is 4.74 Å². The van der Waals surface area contributed by atoms with Crippen LogP contribution in [-0.2, 0) is 6.54 Å². The molecule has 1 aromatic rings. The SMILES string of the molecule is COc1ccc(CN2CCNC[C@H]2C)cc1SC(F)(F)F. The maximum Gasteiger partial charge on any atom is 0.446 e. The number of alkyl halides is 3. The monoisotopic (exact) mass is 320 g/mol. The van der Waals surface area contributed by atoms with E-state index in [-0.39, 0.29) is 22.4 Å². The van der Waals surface area contributed by atoms with Crippen LogP contribution >= 0.6 is 11.8 Å². The van der Waals surface area contributed by atoms with Crippen molar-refractivity contribution in [1.82, 2.24) is 10.2 Å². The topological polar surface area (TPSA) is 24.5 Å². The van der Waals surface area contributed by atoms with Crippen molar-refractivity contribution in [2.45, 2.75) is 29.9 Å². The molecule has 7 heteroatoms. The van der Waals surface area contributed by atoms with E-state index in [2.05, 4.69) is 17.1 Å². The highest BCUT2D eigenvalue weighted by Crippen LogP contribution is 2.41. The second-order valence-electron chi connectivity index (χ2n) is 5.06. The maximum absolute atomic E-state index is 12.6. The third-order valence-electron chi connectivity index (χ3n) is 3.48. The van der Waals surface area contributed by atoms with Gasteiger partial charge in [0.15, 0.2) is 0 Å². The Morgan fingerprint density at radius 3 is 2.81 bits per heavy atom. The summed E-state index contributed by atoms with van der Waals surface area (Å²) in [6.07, 6.45) is 0. The van der Waals surface area contributed by atoms with Crippen molar-refractivity contribution in [2.24, 2.45) is 0 Å². The van der Waals surface area contributed by atoms with E-state index in [9.17, 15) is 13.2 Å². The van der Waals surface area contributed by atoms with E-state index in [1.165, 1.54) is 7.11 Å². The van der Waals surface area contributed by atoms with Crippen molar-refractivity contribution in [3.8, 4) is 5.75 Å². The van der Waals surface area contributed by atoms with Crippen LogP contribution in [0.25, 0.3) is 0 Å². The number of benzene rings is 1. The van der Waals surface area contributed by atoms with Crippen molar-refractivity contribution in [3.05, 3.63) is 23.8 Å². The van der Waals surface area contributed by atoms with Gasteiger partial charge in [-0.05, 0) is 36.4 Å². The first-order chi connectivity index (χ1) is 9.89. The molecule has 1 heterocycles. The van der Waals surface area contributed by atoms with Gasteiger partial charge in [-0.25, -0.2) is 0 Å². The summed E-state index contributed by atoms with van der Waals surface area (Å²) in [5.41, 5.74) is -3.44. The fourth-order valence-electron chi connectivity index (χ4n) is 2.38. The highest BCUT2D eigenvalue weighted by atomic mass is 32.2. The van der Waals surface area contributed by atoms with Crippen LogP contribution in [0.3, 0.4) is 0 Å². The van der Waals surface area contributed by atoms with Crippen molar-refractivity contribution < 1.29 is 17.9 Å². The van der Waals surface area contributed by atoms with E-state index in [1.807, 2.05) is 6.07 Å². The molecular weight excluding hydrogens is 301 g/mol. The van der Waals surface area contributed by atoms with Gasteiger partial charge < -0.3 is 10.1 Å². The Kier molecular flexibility index (Phi) is 5.40. The van der Waals surface area contributed by atoms with E-state index in [1.54, 1.807) is 12.1 Å². The number of piperazine rings is 1. The zero-order chi connectivity index (χ0) is 15.5. The van der Waals surface area contributed by atoms with Crippen molar-refractivity contribution in [1.29, 1.82) is 0 Å². The summed E-state index contributed by atoms with van der Waals surface area (Å²) < 4.78 is 42.8. The van der Waals surface area contributed by atoms with Crippen LogP contribution in [0.5, 0.6) is 5.75 Å². The fourth-order valence-corrected chi connectivity index (χ4v) is 3.09. The molecule has 1 saturated heterocycles. The molecule has 1 aliphatic rings. The van der Waals surface area contributed by atoms with Gasteiger partial charge in [0.05, 0.1) is 12.0 Å². The molecule has 2 rings (SSSR count). The molecule has 0 spiro atoms. The molecule has 0 aliphatic carbocycles. The van der Waals surface area contributed by atoms with E-state index < -0.39 is 5.51 Å². The standard InChI is InChI=1S/C14H19F3N2OS/c1-10-8-18-5-6-19(10)9-11-3-4-12(20-2)13(7-11)21-14(15,16)17/h3-4,7,10,18H,5-6,8-9H2,1-2H3/t10-/m1/s1. The zero-order valence-electron chi connectivity index (χ0n) is 12.0. The zero-order valence-corrected chi connectivity index (χ0v) is 12.9. The minimum atomic E-state index is -4.31. The number of thioether (sulfide) groups is 1. The molecule has 118 valence electrons. The molecule has 1 aromatic carbocycles. The summed E-state index contributed by atoms with van der Waals surface area (Å²) in [5.74, 6) is 0.259. The lowest BCUT2D eigenvalue weighted by Gasteiger charge is -2.34. The van der Waals surface area contributed by atoms with E-state index in [0.29, 0.717) is 12.6 Å². The van der Waals surface area contributed by atoms with Crippen LogP contribution in [0.15, 0.2) is 23.1 Å². The Hall–Kier alpha value is -0.920. The van der Waals surface area contributed by atoms with Crippen LogP contribution in [0.2, 0.25) is 0 Å². The molecule has 0 aromatic heterocycles. The molecule has 1 atom stereocenters. The minimum Gasteiger partial charge on any atom is -0.496 e. The minimum absolute atomic E-state index is 0.116. The number of hydrogen-bond donors (Lipinski definition) is 1. The van der Waals surface area contributed by atoms with Crippen molar-refractivity contribution >= 4 is 11.8 Å². The Morgan fingerprint density at radius 2 is 2.19 bits per heavy atom. The molecule has 3 nitrogen and oxygen atoms in total. The van der Waals surface area contributed by atoms with Gasteiger partial charge in [-0.3, -0.25) is 4.90 Å². The summed E-state index contributed by atoms with van der Waals surface area (Å²) in [4.78, 5) is 2.38. The van der Waals surface area contributed by atoms with E-state index >= 15 is 0 Å². The summed E-state index contributed by atoms with van der Waals surface area (Å²) in [6.45, 7) is 5.47. The third-order valence-corrected chi connectivity index (χ3v) is 4.25. The lowest BCUT2D eigenvalue weighted by molar-refractivity contribution is -0.0328. The molecule has 21 heavy (non-hydrogen) atoms. The Morgan fingerprint density at radius 1 is 1.43 bits per heavy atom. The summed E-state index contributed by atoms with van der Waals surface area (Å²) in [6, 6.07) is 5.38. The van der Waals surface area contributed by atoms with E-state index in [0.717, 1.165) is 25.2 Å². The Bertz CT molecular complexity index is 482. The highest BCUT2D eigenvalue weighted by molar-refractivity contribution is 8.00. The average Bonchev–Trinajstić information content (AvgIpc) is 2.40. The third kappa shape index (κ3) is 4.79. The van der Waals surface area contributed by atoms with Crippen LogP contribution in [0.1, 0.15) is 12.5 Å². The first-order valence-electron chi connectivity index (χ1n) is 6.76. The summed E-state index contributed by atoms with van der Waals surface area (Å²) in [5, 5.41) is 3.30. The number of halogens is 3. The number of hydrogen-bond acceptors (Lipinski definition) is 4. The number of nitrogens with one attached hydrogen (secondary N) is 1. The van der Waals surface area contributed by atoms with Gasteiger partial charge in [-0.2, -0.15) is 13.2 Å². The van der Waals surface area contributed by atoms with Crippen LogP contribution < -0.4 is 10.1 Å². The highest BCUT2D eigenvalue weighted by Gasteiger charge is 2.31. The predicted octanol–water partition coefficient (Wildman–Crippen LogP) is 3.10. The molecule has 0 unspecified atom stereocenters. The molecule has 1 N–H and O–H groups in total. The van der Waals surface area contributed by atoms with Crippen LogP contribution in [0, 0.1) is 0 Å². The molecule has 1 aliphatic heterocycles. The fraction of sp³-hybridized carbons (Fsp3) is 0.571. The Balaban J connectivity index is 2.14. The molecule has 1 fully saturated rings. The second-order valence-corrected chi connectivity index (χ2v) is 6.16. The van der Waals surface area contributed by atoms with Crippen LogP contribution in [-0.4, -0.2) is 43.2 Å². The van der Waals surface area contributed by atoms with Gasteiger partial charge in [-0.1, -0.05) is 6.07 Å². The smallest absolute Gasteiger partial charge is 0.446 e. The predicted molar refractivity (Wildman–Crippen MR) is 77.6 cm³/mol. The van der Waals surface area contributed by atoms with Gasteiger partial charge in [0.2, 0.25) is 0 Å². The first kappa shape index (κ1) is 16.5. The van der Waals surface area contributed by atoms with Gasteiger partial charge in [-0.15, -0.1) is 0 Å². The normalized spacial score (nSPS) is 20.5. The average molecular weight is 320 g/mol. The number of methoxy groups -OCH3 is 1. The van der Waals surface area contributed by atoms with Crippen LogP contribution in [0.4, 0.5) is 13.2 Å². The second kappa shape index (κ2) is 6.89. The van der Waals surface area contributed by atoms with Gasteiger partial charge in [0, 0.05) is 32.2 Å². The van der Waals surface area contributed by atoms with Crippen molar-refractivity contribution in [3.63, 3.8) is 0 Å². The Labute approximate surface area is 126 Å². The maximum atomic E-state index is 12.6. The molecule has 0 saturated carbocycles. The number of rotatable bonds is 4. The van der Waals surface area contributed by atoms with Gasteiger partial charge in [0.1, 0.15) is 5.75 Å². The molecule has 0 radical (unpaired) electrons. The quantitative estimate of drug-likeness (QED) is 0.862. The van der Waals surface area contributed by atoms with Gasteiger partial charge in [0.25, 0.3) is 0 Å². The lowest BCUT2D eigenvalue weighted by Crippen LogP contribution is -2.49. The molecule has 0 bridgehead atoms. The summed E-state index contributed by atoms with van der Waals surface area (Å²) in [7, 11) is 1.38. The first-order valence-corrected chi connectivity index (χ1v) is 7.58. The number of ether oxygens (including phenoxy) is 1. The molecule has 0 amide bonds. The summed E-state index contributed by atoms with van der Waals surface area (Å²) >= 11 is -0.127. The largest absolute Gasteiger partial charge is 0.496 e. The molecular formula is C14H19F3N2OS.